The highest BCUT2D eigenvalue weighted by atomic mass is 32.1. The van der Waals surface area contributed by atoms with E-state index in [9.17, 15) is 9.59 Å². The van der Waals surface area contributed by atoms with Crippen LogP contribution in [0.1, 0.15) is 27.9 Å². The number of carboxylic acid groups (broad SMARTS) is 1. The quantitative estimate of drug-likeness (QED) is 0.778. The number of para-hydroxylation sites is 1. The van der Waals surface area contributed by atoms with Gasteiger partial charge in [-0.2, -0.15) is 5.10 Å². The number of aryl methyl sites for hydroxylation is 2. The van der Waals surface area contributed by atoms with Crippen molar-refractivity contribution in [3.8, 4) is 5.69 Å². The van der Waals surface area contributed by atoms with Gasteiger partial charge in [0.1, 0.15) is 10.9 Å². The summed E-state index contributed by atoms with van der Waals surface area (Å²) in [7, 11) is 1.51. The molecule has 0 radical (unpaired) electrons. The van der Waals surface area contributed by atoms with E-state index in [1.165, 1.54) is 30.2 Å². The van der Waals surface area contributed by atoms with Crippen LogP contribution in [0.25, 0.3) is 15.9 Å². The number of benzene rings is 1. The Labute approximate surface area is 149 Å². The molecule has 1 atom stereocenters. The van der Waals surface area contributed by atoms with Gasteiger partial charge in [-0.1, -0.05) is 18.2 Å². The van der Waals surface area contributed by atoms with Gasteiger partial charge in [0.2, 0.25) is 0 Å². The topological polar surface area (TPSA) is 75.4 Å². The number of amides is 1. The Morgan fingerprint density at radius 3 is 2.60 bits per heavy atom. The van der Waals surface area contributed by atoms with Crippen molar-refractivity contribution < 1.29 is 14.7 Å². The van der Waals surface area contributed by atoms with Gasteiger partial charge in [0, 0.05) is 12.4 Å². The summed E-state index contributed by atoms with van der Waals surface area (Å²) in [6, 6.07) is 8.84. The number of rotatable bonds is 4. The first-order chi connectivity index (χ1) is 11.8. The second kappa shape index (κ2) is 6.33. The van der Waals surface area contributed by atoms with Crippen molar-refractivity contribution in [3.05, 3.63) is 46.5 Å². The van der Waals surface area contributed by atoms with Gasteiger partial charge in [0.05, 0.1) is 16.3 Å². The van der Waals surface area contributed by atoms with Gasteiger partial charge in [-0.3, -0.25) is 4.79 Å². The molecule has 0 aliphatic rings. The van der Waals surface area contributed by atoms with Crippen LogP contribution in [0.2, 0.25) is 0 Å². The van der Waals surface area contributed by atoms with E-state index in [0.717, 1.165) is 27.2 Å². The molecule has 3 rings (SSSR count). The average Bonchev–Trinajstić information content (AvgIpc) is 3.14. The van der Waals surface area contributed by atoms with Crippen molar-refractivity contribution in [1.82, 2.24) is 14.7 Å². The summed E-state index contributed by atoms with van der Waals surface area (Å²) in [4.78, 5) is 26.4. The van der Waals surface area contributed by atoms with Crippen LogP contribution in [0.5, 0.6) is 0 Å². The molecule has 3 aromatic rings. The third-order valence-electron chi connectivity index (χ3n) is 4.36. The van der Waals surface area contributed by atoms with E-state index in [4.69, 9.17) is 5.11 Å². The number of carbonyl (C=O) groups excluding carboxylic acids is 1. The van der Waals surface area contributed by atoms with Gasteiger partial charge in [-0.25, -0.2) is 9.48 Å². The minimum absolute atomic E-state index is 0.299. The average molecular weight is 357 g/mol. The summed E-state index contributed by atoms with van der Waals surface area (Å²) >= 11 is 1.33. The van der Waals surface area contributed by atoms with Gasteiger partial charge < -0.3 is 10.0 Å². The van der Waals surface area contributed by atoms with E-state index < -0.39 is 12.0 Å². The van der Waals surface area contributed by atoms with E-state index >= 15 is 0 Å². The van der Waals surface area contributed by atoms with Gasteiger partial charge >= 0.3 is 5.97 Å². The molecule has 1 unspecified atom stereocenters. The third-order valence-corrected chi connectivity index (χ3v) is 5.46. The van der Waals surface area contributed by atoms with Crippen molar-refractivity contribution in [2.24, 2.45) is 0 Å². The highest BCUT2D eigenvalue weighted by Gasteiger charge is 2.25. The Morgan fingerprint density at radius 1 is 1.28 bits per heavy atom. The lowest BCUT2D eigenvalue weighted by molar-refractivity contribution is -0.141. The van der Waals surface area contributed by atoms with Crippen molar-refractivity contribution in [1.29, 1.82) is 0 Å². The number of carbonyl (C=O) groups is 2. The van der Waals surface area contributed by atoms with Crippen LogP contribution in [0.4, 0.5) is 0 Å². The fourth-order valence-corrected chi connectivity index (χ4v) is 3.79. The fraction of sp³-hybridized carbons (Fsp3) is 0.278. The summed E-state index contributed by atoms with van der Waals surface area (Å²) in [5.41, 5.74) is 2.89. The van der Waals surface area contributed by atoms with Crippen molar-refractivity contribution in [2.75, 3.05) is 7.05 Å². The molecule has 2 aromatic heterocycles. The summed E-state index contributed by atoms with van der Waals surface area (Å²) in [5, 5.41) is 14.6. The zero-order valence-electron chi connectivity index (χ0n) is 14.5. The molecule has 0 aliphatic carbocycles. The first-order valence-electron chi connectivity index (χ1n) is 7.86. The molecule has 0 aliphatic heterocycles. The Hall–Kier alpha value is -2.67. The third kappa shape index (κ3) is 2.91. The molecule has 2 heterocycles. The molecule has 0 saturated carbocycles. The van der Waals surface area contributed by atoms with Gasteiger partial charge in [0.15, 0.2) is 0 Å². The van der Waals surface area contributed by atoms with Crippen molar-refractivity contribution >= 4 is 33.4 Å². The van der Waals surface area contributed by atoms with E-state index in [0.29, 0.717) is 4.88 Å². The zero-order chi connectivity index (χ0) is 18.3. The lowest BCUT2D eigenvalue weighted by Gasteiger charge is -2.20. The lowest BCUT2D eigenvalue weighted by atomic mass is 10.2. The number of fused-ring (bicyclic) bond motifs is 1. The Kier molecular flexibility index (Phi) is 4.34. The number of thiophene rings is 1. The zero-order valence-corrected chi connectivity index (χ0v) is 15.3. The molecular weight excluding hydrogens is 338 g/mol. The first-order valence-corrected chi connectivity index (χ1v) is 8.68. The molecule has 7 heteroatoms. The Balaban J connectivity index is 2.07. The summed E-state index contributed by atoms with van der Waals surface area (Å²) < 4.78 is 1.85. The molecule has 1 aromatic carbocycles. The lowest BCUT2D eigenvalue weighted by Crippen LogP contribution is -2.39. The first kappa shape index (κ1) is 17.2. The number of nitrogens with zero attached hydrogens (tertiary/aromatic N) is 3. The predicted octanol–water partition coefficient (Wildman–Crippen LogP) is 3.25. The van der Waals surface area contributed by atoms with Crippen LogP contribution in [-0.4, -0.2) is 44.8 Å². The standard InChI is InChI=1S/C18H19N3O3S/c1-10-7-5-6-8-14(10)21-17-13(11(2)19-21)9-15(25-17)16(22)20(4)12(3)18(23)24/h5-9,12H,1-4H3,(H,23,24). The molecule has 0 bridgehead atoms. The van der Waals surface area contributed by atoms with Crippen molar-refractivity contribution in [3.63, 3.8) is 0 Å². The highest BCUT2D eigenvalue weighted by Crippen LogP contribution is 2.32. The summed E-state index contributed by atoms with van der Waals surface area (Å²) in [5.74, 6) is -1.33. The van der Waals surface area contributed by atoms with Crippen LogP contribution >= 0.6 is 11.3 Å². The van der Waals surface area contributed by atoms with Gasteiger partial charge in [-0.15, -0.1) is 11.3 Å². The molecule has 1 amide bonds. The molecule has 0 saturated heterocycles. The number of likely N-dealkylation sites (N-methyl/N-ethyl adjacent to an activating group) is 1. The number of aromatic nitrogens is 2. The van der Waals surface area contributed by atoms with Crippen LogP contribution in [0.3, 0.4) is 0 Å². The smallest absolute Gasteiger partial charge is 0.326 e. The maximum atomic E-state index is 12.6. The summed E-state index contributed by atoms with van der Waals surface area (Å²) in [6.07, 6.45) is 0. The second-order valence-electron chi connectivity index (χ2n) is 6.04. The summed E-state index contributed by atoms with van der Waals surface area (Å²) in [6.45, 7) is 5.41. The minimum Gasteiger partial charge on any atom is -0.480 e. The largest absolute Gasteiger partial charge is 0.480 e. The molecule has 6 nitrogen and oxygen atoms in total. The van der Waals surface area contributed by atoms with Gasteiger partial charge in [0.25, 0.3) is 5.91 Å². The molecule has 25 heavy (non-hydrogen) atoms. The normalized spacial score (nSPS) is 12.3. The van der Waals surface area contributed by atoms with Gasteiger partial charge in [-0.05, 0) is 38.5 Å². The van der Waals surface area contributed by atoms with Crippen molar-refractivity contribution in [2.45, 2.75) is 26.8 Å². The van der Waals surface area contributed by atoms with E-state index in [-0.39, 0.29) is 5.91 Å². The molecule has 1 N–H and O–H groups in total. The highest BCUT2D eigenvalue weighted by molar-refractivity contribution is 7.20. The van der Waals surface area contributed by atoms with E-state index in [2.05, 4.69) is 5.10 Å². The molecule has 130 valence electrons. The van der Waals surface area contributed by atoms with Crippen LogP contribution in [-0.2, 0) is 4.79 Å². The fourth-order valence-electron chi connectivity index (χ4n) is 2.63. The Morgan fingerprint density at radius 2 is 1.96 bits per heavy atom. The van der Waals surface area contributed by atoms with Crippen LogP contribution in [0, 0.1) is 13.8 Å². The molecule has 0 fully saturated rings. The van der Waals surface area contributed by atoms with E-state index in [1.54, 1.807) is 6.07 Å². The second-order valence-corrected chi connectivity index (χ2v) is 7.07. The number of carboxylic acids is 1. The Bertz CT molecular complexity index is 973. The molecule has 0 spiro atoms. The SMILES string of the molecule is Cc1ccccc1-n1nc(C)c2cc(C(=O)N(C)C(C)C(=O)O)sc21. The maximum Gasteiger partial charge on any atom is 0.326 e. The minimum atomic E-state index is -1.03. The number of aliphatic carboxylic acids is 1. The predicted molar refractivity (Wildman–Crippen MR) is 97.6 cm³/mol. The van der Waals surface area contributed by atoms with E-state index in [1.807, 2.05) is 42.8 Å². The monoisotopic (exact) mass is 357 g/mol. The number of hydrogen-bond acceptors (Lipinski definition) is 4. The van der Waals surface area contributed by atoms with Crippen LogP contribution < -0.4 is 0 Å². The van der Waals surface area contributed by atoms with Crippen LogP contribution in [0.15, 0.2) is 30.3 Å². The maximum absolute atomic E-state index is 12.6. The number of hydrogen-bond donors (Lipinski definition) is 1. The molecular formula is C18H19N3O3S.